The zero-order valence-corrected chi connectivity index (χ0v) is 13.2. The van der Waals surface area contributed by atoms with E-state index in [0.29, 0.717) is 31.8 Å². The van der Waals surface area contributed by atoms with Crippen molar-refractivity contribution in [1.29, 1.82) is 0 Å². The first-order chi connectivity index (χ1) is 10.5. The summed E-state index contributed by atoms with van der Waals surface area (Å²) in [5.41, 5.74) is -0.705. The van der Waals surface area contributed by atoms with E-state index in [4.69, 9.17) is 10.1 Å². The van der Waals surface area contributed by atoms with Crippen molar-refractivity contribution in [3.05, 3.63) is 0 Å². The van der Waals surface area contributed by atoms with Gasteiger partial charge in [-0.15, -0.1) is 0 Å². The molecule has 0 unspecified atom stereocenters. The van der Waals surface area contributed by atoms with E-state index >= 15 is 0 Å². The fraction of sp³-hybridized carbons (Fsp3) is 0.812. The average molecular weight is 307 g/mol. The number of likely N-dealkylation sites (tertiary alicyclic amines) is 1. The number of hydrogen-bond acceptors (Lipinski definition) is 3. The number of nitrogens with zero attached hydrogens (tertiary/aromatic N) is 2. The monoisotopic (exact) mass is 307 g/mol. The first-order valence-corrected chi connectivity index (χ1v) is 8.43. The van der Waals surface area contributed by atoms with Gasteiger partial charge in [-0.2, -0.15) is 0 Å². The van der Waals surface area contributed by atoms with E-state index in [0.717, 1.165) is 24.6 Å². The standard InChI is InChI=1S/C16H25N3O3/c1-2-11-3-5-12(6-4-11)13-17-14(20)16(18-13)7-9-19(10-8-16)15(21)22/h11-12H,2-10H2,1H3,(H,21,22)(H,17,18,20)/t11-,12-. The molecule has 1 saturated heterocycles. The van der Waals surface area contributed by atoms with Crippen LogP contribution in [0.15, 0.2) is 4.99 Å². The van der Waals surface area contributed by atoms with Gasteiger partial charge in [0.25, 0.3) is 5.91 Å². The Hall–Kier alpha value is -1.59. The van der Waals surface area contributed by atoms with E-state index in [1.54, 1.807) is 0 Å². The topological polar surface area (TPSA) is 82.0 Å². The fourth-order valence-electron chi connectivity index (χ4n) is 3.99. The highest BCUT2D eigenvalue weighted by Crippen LogP contribution is 2.36. The highest BCUT2D eigenvalue weighted by molar-refractivity contribution is 6.09. The molecule has 2 heterocycles. The lowest BCUT2D eigenvalue weighted by Crippen LogP contribution is -2.50. The van der Waals surface area contributed by atoms with Crippen molar-refractivity contribution < 1.29 is 14.7 Å². The number of aliphatic imine (C=N–C) groups is 1. The molecule has 2 fully saturated rings. The number of nitrogens with one attached hydrogen (secondary N) is 1. The number of rotatable bonds is 2. The molecule has 1 saturated carbocycles. The summed E-state index contributed by atoms with van der Waals surface area (Å²) >= 11 is 0. The summed E-state index contributed by atoms with van der Waals surface area (Å²) in [5, 5.41) is 12.0. The summed E-state index contributed by atoms with van der Waals surface area (Å²) < 4.78 is 0. The van der Waals surface area contributed by atoms with Crippen LogP contribution in [0.25, 0.3) is 0 Å². The molecule has 3 rings (SSSR count). The second-order valence-electron chi connectivity index (χ2n) is 6.88. The average Bonchev–Trinajstić information content (AvgIpc) is 2.84. The Morgan fingerprint density at radius 3 is 2.50 bits per heavy atom. The highest BCUT2D eigenvalue weighted by Gasteiger charge is 2.47. The first kappa shape index (κ1) is 15.3. The van der Waals surface area contributed by atoms with Crippen molar-refractivity contribution in [3.63, 3.8) is 0 Å². The molecule has 0 radical (unpaired) electrons. The Balaban J connectivity index is 1.66. The molecule has 0 aromatic rings. The Labute approximate surface area is 131 Å². The summed E-state index contributed by atoms with van der Waals surface area (Å²) in [6, 6.07) is 0. The van der Waals surface area contributed by atoms with Gasteiger partial charge in [0.2, 0.25) is 0 Å². The third kappa shape index (κ3) is 2.71. The van der Waals surface area contributed by atoms with Crippen LogP contribution in [-0.2, 0) is 4.79 Å². The van der Waals surface area contributed by atoms with Crippen molar-refractivity contribution in [2.75, 3.05) is 13.1 Å². The molecule has 2 aliphatic heterocycles. The largest absolute Gasteiger partial charge is 0.465 e. The van der Waals surface area contributed by atoms with Gasteiger partial charge in [-0.1, -0.05) is 13.3 Å². The van der Waals surface area contributed by atoms with Crippen LogP contribution in [-0.4, -0.2) is 46.5 Å². The van der Waals surface area contributed by atoms with Crippen LogP contribution >= 0.6 is 0 Å². The molecule has 1 spiro atoms. The number of amidine groups is 1. The van der Waals surface area contributed by atoms with E-state index in [1.807, 2.05) is 0 Å². The van der Waals surface area contributed by atoms with E-state index in [-0.39, 0.29) is 5.91 Å². The SMILES string of the molecule is CC[C@H]1CC[C@H](C2=NC3(CCN(C(=O)O)CC3)C(=O)N2)CC1. The quantitative estimate of drug-likeness (QED) is 0.821. The van der Waals surface area contributed by atoms with Crippen LogP contribution in [0.2, 0.25) is 0 Å². The number of amides is 2. The number of hydrogen-bond donors (Lipinski definition) is 2. The summed E-state index contributed by atoms with van der Waals surface area (Å²) in [4.78, 5) is 29.5. The van der Waals surface area contributed by atoms with Crippen molar-refractivity contribution in [2.24, 2.45) is 16.8 Å². The van der Waals surface area contributed by atoms with Gasteiger partial charge in [-0.05, 0) is 44.4 Å². The van der Waals surface area contributed by atoms with Gasteiger partial charge < -0.3 is 15.3 Å². The van der Waals surface area contributed by atoms with Crippen LogP contribution < -0.4 is 5.32 Å². The Morgan fingerprint density at radius 2 is 1.95 bits per heavy atom. The van der Waals surface area contributed by atoms with Gasteiger partial charge in [0.1, 0.15) is 11.4 Å². The van der Waals surface area contributed by atoms with E-state index in [1.165, 1.54) is 24.2 Å². The second kappa shape index (κ2) is 5.89. The highest BCUT2D eigenvalue weighted by atomic mass is 16.4. The number of piperidine rings is 1. The number of carboxylic acid groups (broad SMARTS) is 1. The van der Waals surface area contributed by atoms with Crippen LogP contribution in [0.3, 0.4) is 0 Å². The van der Waals surface area contributed by atoms with Gasteiger partial charge in [0, 0.05) is 19.0 Å². The molecule has 6 heteroatoms. The third-order valence-corrected chi connectivity index (χ3v) is 5.67. The Bertz CT molecular complexity index is 487. The molecule has 3 aliphatic rings. The molecule has 2 N–H and O–H groups in total. The third-order valence-electron chi connectivity index (χ3n) is 5.67. The van der Waals surface area contributed by atoms with Gasteiger partial charge in [0.15, 0.2) is 0 Å². The molecule has 0 aromatic carbocycles. The molecule has 122 valence electrons. The lowest BCUT2D eigenvalue weighted by molar-refractivity contribution is -0.125. The zero-order chi connectivity index (χ0) is 15.7. The number of carbonyl (C=O) groups is 2. The van der Waals surface area contributed by atoms with Gasteiger partial charge >= 0.3 is 6.09 Å². The smallest absolute Gasteiger partial charge is 0.407 e. The Kier molecular flexibility index (Phi) is 4.10. The molecule has 0 bridgehead atoms. The van der Waals surface area contributed by atoms with E-state index in [2.05, 4.69) is 12.2 Å². The lowest BCUT2D eigenvalue weighted by atomic mass is 9.80. The van der Waals surface area contributed by atoms with Crippen molar-refractivity contribution in [2.45, 2.75) is 57.4 Å². The fourth-order valence-corrected chi connectivity index (χ4v) is 3.99. The predicted octanol–water partition coefficient (Wildman–Crippen LogP) is 2.24. The minimum atomic E-state index is -0.907. The summed E-state index contributed by atoms with van der Waals surface area (Å²) in [6.45, 7) is 3.02. The molecular formula is C16H25N3O3. The van der Waals surface area contributed by atoms with Gasteiger partial charge in [-0.3, -0.25) is 9.79 Å². The summed E-state index contributed by atoms with van der Waals surface area (Å²) in [6.07, 6.45) is 5.98. The summed E-state index contributed by atoms with van der Waals surface area (Å²) in [7, 11) is 0. The number of carbonyl (C=O) groups excluding carboxylic acids is 1. The normalized spacial score (nSPS) is 31.0. The molecule has 2 amide bonds. The molecule has 0 atom stereocenters. The lowest BCUT2D eigenvalue weighted by Gasteiger charge is -2.33. The molecule has 6 nitrogen and oxygen atoms in total. The van der Waals surface area contributed by atoms with Crippen molar-refractivity contribution in [1.82, 2.24) is 10.2 Å². The van der Waals surface area contributed by atoms with Crippen LogP contribution in [0.4, 0.5) is 4.79 Å². The summed E-state index contributed by atoms with van der Waals surface area (Å²) in [5.74, 6) is 2.04. The molecular weight excluding hydrogens is 282 g/mol. The minimum absolute atomic E-state index is 0.0230. The maximum absolute atomic E-state index is 12.4. The van der Waals surface area contributed by atoms with E-state index < -0.39 is 11.6 Å². The Morgan fingerprint density at radius 1 is 1.32 bits per heavy atom. The van der Waals surface area contributed by atoms with Crippen LogP contribution in [0.5, 0.6) is 0 Å². The predicted molar refractivity (Wildman–Crippen MR) is 82.9 cm³/mol. The maximum atomic E-state index is 12.4. The van der Waals surface area contributed by atoms with E-state index in [9.17, 15) is 9.59 Å². The second-order valence-corrected chi connectivity index (χ2v) is 6.88. The first-order valence-electron chi connectivity index (χ1n) is 8.43. The zero-order valence-electron chi connectivity index (χ0n) is 13.2. The van der Waals surface area contributed by atoms with Crippen LogP contribution in [0.1, 0.15) is 51.9 Å². The maximum Gasteiger partial charge on any atom is 0.407 e. The minimum Gasteiger partial charge on any atom is -0.465 e. The molecule has 22 heavy (non-hydrogen) atoms. The van der Waals surface area contributed by atoms with Crippen LogP contribution in [0, 0.1) is 11.8 Å². The molecule has 0 aromatic heterocycles. The van der Waals surface area contributed by atoms with Gasteiger partial charge in [-0.25, -0.2) is 4.79 Å². The van der Waals surface area contributed by atoms with Crippen molar-refractivity contribution in [3.8, 4) is 0 Å². The van der Waals surface area contributed by atoms with Crippen molar-refractivity contribution >= 4 is 17.8 Å². The molecule has 1 aliphatic carbocycles. The van der Waals surface area contributed by atoms with Gasteiger partial charge in [0.05, 0.1) is 0 Å².